The first-order valence-corrected chi connectivity index (χ1v) is 37.8. The molecule has 4 fully saturated rings. The van der Waals surface area contributed by atoms with Crippen molar-refractivity contribution in [2.75, 3.05) is 153 Å². The van der Waals surface area contributed by atoms with Crippen LogP contribution in [-0.4, -0.2) is 170 Å². The summed E-state index contributed by atoms with van der Waals surface area (Å²) in [4.78, 5) is 34.8. The van der Waals surface area contributed by atoms with Gasteiger partial charge in [0.25, 0.3) is 0 Å². The predicted octanol–water partition coefficient (Wildman–Crippen LogP) is 16.6. The second kappa shape index (κ2) is 40.9. The number of rotatable bonds is 31. The van der Waals surface area contributed by atoms with Crippen LogP contribution < -0.4 is 60.3 Å². The third-order valence-electron chi connectivity index (χ3n) is 18.1. The van der Waals surface area contributed by atoms with Crippen molar-refractivity contribution in [1.29, 1.82) is 5.16 Å². The van der Waals surface area contributed by atoms with E-state index in [1.807, 2.05) is 74.8 Å². The Morgan fingerprint density at radius 2 is 0.918 bits per heavy atom. The van der Waals surface area contributed by atoms with Crippen molar-refractivity contribution >= 4 is 104 Å². The maximum atomic E-state index is 7.10. The fraction of sp³-hybridized carbons (Fsp3) is 0.528. The van der Waals surface area contributed by atoms with Crippen molar-refractivity contribution in [3.05, 3.63) is 107 Å². The molecule has 0 amide bonds. The van der Waals surface area contributed by atoms with Crippen molar-refractivity contribution in [3.63, 3.8) is 0 Å². The highest BCUT2D eigenvalue weighted by Gasteiger charge is 2.22. The molecule has 1 saturated carbocycles. The Labute approximate surface area is 601 Å². The molecule has 0 bridgehead atoms. The highest BCUT2D eigenvalue weighted by molar-refractivity contribution is 14.1. The van der Waals surface area contributed by atoms with E-state index in [2.05, 4.69) is 107 Å². The Bertz CT molecular complexity index is 3500. The molecule has 0 spiro atoms. The van der Waals surface area contributed by atoms with Crippen LogP contribution in [-0.2, 0) is 0 Å². The van der Waals surface area contributed by atoms with Crippen LogP contribution in [0, 0.1) is 5.16 Å². The first kappa shape index (κ1) is 75.3. The van der Waals surface area contributed by atoms with Crippen molar-refractivity contribution in [2.45, 2.75) is 128 Å². The van der Waals surface area contributed by atoms with Gasteiger partial charge in [0.1, 0.15) is 22.6 Å². The lowest BCUT2D eigenvalue weighted by Gasteiger charge is -2.16. The number of aromatic nitrogens is 6. The third-order valence-corrected chi connectivity index (χ3v) is 20.4. The van der Waals surface area contributed by atoms with E-state index >= 15 is 0 Å². The normalized spacial score (nSPS) is 16.1. The monoisotopic (exact) mass is 1490 g/mol. The molecule has 3 aromatic heterocycles. The van der Waals surface area contributed by atoms with Crippen LogP contribution in [0.15, 0.2) is 90.4 Å². The van der Waals surface area contributed by atoms with Gasteiger partial charge in [0.15, 0.2) is 34.5 Å². The summed E-state index contributed by atoms with van der Waals surface area (Å²) in [6, 6.07) is 23.1. The van der Waals surface area contributed by atoms with Gasteiger partial charge < -0.3 is 75.0 Å². The lowest BCUT2D eigenvalue weighted by Crippen LogP contribution is -2.21. The Morgan fingerprint density at radius 1 is 0.500 bits per heavy atom. The number of allylic oxidation sites excluding steroid dienone is 4. The second-order valence-corrected chi connectivity index (χ2v) is 28.5. The Hall–Kier alpha value is -6.96. The lowest BCUT2D eigenvalue weighted by molar-refractivity contribution is 0.254. The largest absolute Gasteiger partial charge is 0.493 e. The molecule has 7 N–H and O–H groups in total. The molecule has 0 radical (unpaired) electrons. The molecule has 3 aliphatic carbocycles. The Morgan fingerprint density at radius 3 is 1.33 bits per heavy atom. The minimum Gasteiger partial charge on any atom is -0.493 e. The van der Waals surface area contributed by atoms with Crippen molar-refractivity contribution in [3.8, 4) is 34.5 Å². The van der Waals surface area contributed by atoms with Crippen LogP contribution in [0.5, 0.6) is 34.5 Å². The van der Waals surface area contributed by atoms with Crippen LogP contribution in [0.4, 0.5) is 52.4 Å². The van der Waals surface area contributed by atoms with Gasteiger partial charge in [-0.05, 0) is 199 Å². The van der Waals surface area contributed by atoms with Gasteiger partial charge in [-0.2, -0.15) is 15.0 Å². The van der Waals surface area contributed by atoms with Gasteiger partial charge in [-0.15, -0.1) is 22.4 Å². The maximum Gasteiger partial charge on any atom is 0.325 e. The molecule has 26 heteroatoms. The summed E-state index contributed by atoms with van der Waals surface area (Å²) in [6.07, 6.45) is 27.6. The summed E-state index contributed by atoms with van der Waals surface area (Å²) in [5, 5.41) is 26.6. The van der Waals surface area contributed by atoms with Crippen LogP contribution in [0.25, 0.3) is 5.57 Å². The third kappa shape index (κ3) is 24.2. The van der Waals surface area contributed by atoms with Gasteiger partial charge >= 0.3 is 4.29 Å². The van der Waals surface area contributed by atoms with E-state index in [0.717, 1.165) is 123 Å². The minimum atomic E-state index is 0.365. The highest BCUT2D eigenvalue weighted by Crippen LogP contribution is 2.38. The Balaban J connectivity index is 0.000000162. The maximum absolute atomic E-state index is 7.10. The molecule has 0 unspecified atom stereocenters. The SMILES string of the molecule is CNc1cc(C2=CCCC2)nc(Nc2ccc(OC)c(OCCCN3CCCC3)c2)n1.CNc1cc(C2CCCC2)nc(Nc2ccc(OC)c(OCCCN3CCCC3)c2)n1.CNc1cc(Cl)nc(Nc2ccc(OC)c(OCCCN3CCCC3)c2)n1.N=PB(I)C1=CCCC1. The smallest absolute Gasteiger partial charge is 0.325 e. The van der Waals surface area contributed by atoms with E-state index in [1.165, 1.54) is 140 Å². The molecular weight excluding hydrogens is 1390 g/mol. The van der Waals surface area contributed by atoms with Crippen LogP contribution >= 0.6 is 42.2 Å². The van der Waals surface area contributed by atoms with E-state index in [4.69, 9.17) is 55.2 Å². The van der Waals surface area contributed by atoms with E-state index in [1.54, 1.807) is 34.4 Å². The zero-order valence-electron chi connectivity index (χ0n) is 58.3. The number of nitrogens with one attached hydrogen (secondary N) is 7. The summed E-state index contributed by atoms with van der Waals surface area (Å²) in [7, 11) is 11.3. The number of likely N-dealkylation sites (tertiary alicyclic amines) is 3. The lowest BCUT2D eigenvalue weighted by atomic mass is 9.93. The Kier molecular flexibility index (Phi) is 31.4. The van der Waals surface area contributed by atoms with Crippen molar-refractivity contribution in [2.24, 2.45) is 0 Å². The summed E-state index contributed by atoms with van der Waals surface area (Å²) in [5.41, 5.74) is 7.44. The number of hydrogen-bond donors (Lipinski definition) is 7. The molecular formula is C72H102BClIN16O6P. The molecule has 6 aromatic rings. The molecule has 12 rings (SSSR count). The van der Waals surface area contributed by atoms with Gasteiger partial charge in [-0.3, -0.25) is 5.16 Å². The van der Waals surface area contributed by atoms with Crippen LogP contribution in [0.2, 0.25) is 5.15 Å². The first-order valence-electron chi connectivity index (χ1n) is 35.2. The minimum absolute atomic E-state index is 0.365. The van der Waals surface area contributed by atoms with E-state index < -0.39 is 0 Å². The van der Waals surface area contributed by atoms with Crippen molar-refractivity contribution in [1.82, 2.24) is 44.6 Å². The molecule has 3 saturated heterocycles. The van der Waals surface area contributed by atoms with E-state index in [9.17, 15) is 0 Å². The average Bonchev–Trinajstić information content (AvgIpc) is 1.11. The molecule has 6 heterocycles. The van der Waals surface area contributed by atoms with Gasteiger partial charge in [-0.25, -0.2) is 15.0 Å². The first-order chi connectivity index (χ1) is 48.0. The topological polar surface area (TPSA) is 238 Å². The van der Waals surface area contributed by atoms with Crippen LogP contribution in [0.3, 0.4) is 0 Å². The molecule has 3 aromatic carbocycles. The molecule has 22 nitrogen and oxygen atoms in total. The number of anilines is 9. The molecule has 528 valence electrons. The summed E-state index contributed by atoms with van der Waals surface area (Å²) in [6.45, 7) is 12.5. The van der Waals surface area contributed by atoms with E-state index in [-0.39, 0.29) is 0 Å². The number of hydrogen-bond acceptors (Lipinski definition) is 22. The zero-order valence-corrected chi connectivity index (χ0v) is 62.1. The van der Waals surface area contributed by atoms with Crippen molar-refractivity contribution < 1.29 is 28.4 Å². The predicted molar refractivity (Wildman–Crippen MR) is 410 cm³/mol. The fourth-order valence-electron chi connectivity index (χ4n) is 12.8. The standard InChI is InChI=1S/C24H35N5O2.C24H33N5O2.C19H26ClN5O2.C5H8BINP/c2*1-25-23-17-20(18-8-3-4-9-18)27-24(28-23)26-19-10-11-21(30-2)22(16-19)31-15-7-14-29-12-5-6-13-29;1-21-18-13-17(20)23-19(24-18)22-14-6-7-15(26-2)16(12-14)27-11-5-10-25-8-3-4-9-25;7-6(9-8)5-3-1-2-4-5/h10-11,16-18H,3-9,12-15H2,1-2H3,(H2,25,26,27,28);8,10-11,16-17H,3-7,9,12-15H2,1-2H3,(H2,25,26,27,28);6-7,12-13H,3-5,8-11H2,1-2H3,(H2,21,22,23,24);3,8H,1-2,4H2. The zero-order chi connectivity index (χ0) is 68.7. The van der Waals surface area contributed by atoms with Gasteiger partial charge in [0, 0.05) is 100 Å². The van der Waals surface area contributed by atoms with Gasteiger partial charge in [-0.1, -0.05) is 42.1 Å². The van der Waals surface area contributed by atoms with Gasteiger partial charge in [0.2, 0.25) is 17.8 Å². The average molecular weight is 1490 g/mol. The fourth-order valence-corrected chi connectivity index (χ4v) is 13.9. The summed E-state index contributed by atoms with van der Waals surface area (Å²) < 4.78 is 35.0. The molecule has 0 atom stereocenters. The number of benzene rings is 3. The molecule has 3 aliphatic heterocycles. The number of ether oxygens (including phenoxy) is 6. The molecule has 6 aliphatic rings. The summed E-state index contributed by atoms with van der Waals surface area (Å²) >= 11 is 8.37. The summed E-state index contributed by atoms with van der Waals surface area (Å²) in [5.74, 6) is 8.74. The number of nitrogens with zero attached hydrogens (tertiary/aromatic N) is 9. The number of methoxy groups -OCH3 is 3. The van der Waals surface area contributed by atoms with Gasteiger partial charge in [0.05, 0.1) is 52.5 Å². The van der Waals surface area contributed by atoms with E-state index in [0.29, 0.717) is 70.3 Å². The quantitative estimate of drug-likeness (QED) is 0.00704. The number of halogens is 2. The molecule has 98 heavy (non-hydrogen) atoms. The van der Waals surface area contributed by atoms with Crippen LogP contribution in [0.1, 0.15) is 139 Å². The second-order valence-electron chi connectivity index (χ2n) is 25.1. The highest BCUT2D eigenvalue weighted by atomic mass is 127.